The molecule has 0 saturated heterocycles. The Kier molecular flexibility index (Phi) is 3.31. The third-order valence-electron chi connectivity index (χ3n) is 2.34. The smallest absolute Gasteiger partial charge is 0.207 e. The molecular formula is C10H6Cl2O4S2. The molecule has 0 unspecified atom stereocenters. The number of benzene rings is 2. The lowest BCUT2D eigenvalue weighted by molar-refractivity contribution is 0.608. The van der Waals surface area contributed by atoms with Crippen LogP contribution < -0.4 is 0 Å². The van der Waals surface area contributed by atoms with Gasteiger partial charge in [0.1, 0.15) is 0 Å². The molecule has 0 aliphatic carbocycles. The molecule has 96 valence electrons. The van der Waals surface area contributed by atoms with Crippen molar-refractivity contribution < 1.29 is 16.8 Å². The Balaban J connectivity index is 3.00. The molecule has 0 heterocycles. The van der Waals surface area contributed by atoms with Crippen molar-refractivity contribution in [3.63, 3.8) is 0 Å². The minimum absolute atomic E-state index is 0.276. The van der Waals surface area contributed by atoms with Gasteiger partial charge in [0.15, 0.2) is 0 Å². The van der Waals surface area contributed by atoms with E-state index < -0.39 is 18.1 Å². The third kappa shape index (κ3) is 2.61. The molecule has 0 bridgehead atoms. The molecule has 0 aromatic heterocycles. The van der Waals surface area contributed by atoms with Crippen molar-refractivity contribution >= 4 is 50.2 Å². The largest absolute Gasteiger partial charge is 0.261 e. The van der Waals surface area contributed by atoms with Gasteiger partial charge in [0, 0.05) is 26.8 Å². The second kappa shape index (κ2) is 4.38. The molecule has 0 saturated carbocycles. The minimum Gasteiger partial charge on any atom is -0.207 e. The summed E-state index contributed by atoms with van der Waals surface area (Å²) in [6.07, 6.45) is 0. The number of halogens is 2. The summed E-state index contributed by atoms with van der Waals surface area (Å²) in [6, 6.07) is 8.64. The molecule has 8 heteroatoms. The van der Waals surface area contributed by atoms with Crippen LogP contribution in [0.2, 0.25) is 0 Å². The number of fused-ring (bicyclic) bond motifs is 1. The van der Waals surface area contributed by atoms with Gasteiger partial charge in [-0.05, 0) is 17.5 Å². The lowest BCUT2D eigenvalue weighted by atomic mass is 10.1. The number of rotatable bonds is 2. The maximum atomic E-state index is 11.5. The number of hydrogen-bond donors (Lipinski definition) is 0. The maximum Gasteiger partial charge on any atom is 0.261 e. The van der Waals surface area contributed by atoms with Crippen molar-refractivity contribution in [3.8, 4) is 0 Å². The van der Waals surface area contributed by atoms with Crippen molar-refractivity contribution in [1.82, 2.24) is 0 Å². The fourth-order valence-electron chi connectivity index (χ4n) is 1.59. The summed E-state index contributed by atoms with van der Waals surface area (Å²) in [5.41, 5.74) is 0. The molecule has 0 radical (unpaired) electrons. The van der Waals surface area contributed by atoms with Crippen LogP contribution in [0.25, 0.3) is 10.8 Å². The first-order valence-electron chi connectivity index (χ1n) is 4.62. The molecule has 0 N–H and O–H groups in total. The highest BCUT2D eigenvalue weighted by Crippen LogP contribution is 2.30. The highest BCUT2D eigenvalue weighted by atomic mass is 35.7. The molecule has 2 rings (SSSR count). The van der Waals surface area contributed by atoms with Crippen molar-refractivity contribution in [2.45, 2.75) is 9.79 Å². The van der Waals surface area contributed by atoms with Gasteiger partial charge in [0.2, 0.25) is 0 Å². The van der Waals surface area contributed by atoms with E-state index in [1.807, 2.05) is 0 Å². The van der Waals surface area contributed by atoms with Gasteiger partial charge < -0.3 is 0 Å². The van der Waals surface area contributed by atoms with E-state index in [2.05, 4.69) is 0 Å². The zero-order valence-electron chi connectivity index (χ0n) is 8.67. The molecule has 0 fully saturated rings. The molecule has 4 nitrogen and oxygen atoms in total. The van der Waals surface area contributed by atoms with Crippen LogP contribution >= 0.6 is 21.4 Å². The summed E-state index contributed by atoms with van der Waals surface area (Å²) in [4.78, 5) is -0.580. The zero-order chi connectivity index (χ0) is 13.6. The molecule has 0 atom stereocenters. The molecule has 0 spiro atoms. The van der Waals surface area contributed by atoms with Gasteiger partial charge in [-0.25, -0.2) is 16.8 Å². The van der Waals surface area contributed by atoms with Crippen LogP contribution in [0.3, 0.4) is 0 Å². The highest BCUT2D eigenvalue weighted by molar-refractivity contribution is 8.14. The Morgan fingerprint density at radius 3 is 2.00 bits per heavy atom. The molecule has 0 amide bonds. The van der Waals surface area contributed by atoms with E-state index in [-0.39, 0.29) is 9.79 Å². The van der Waals surface area contributed by atoms with Crippen LogP contribution in [0.15, 0.2) is 46.2 Å². The number of hydrogen-bond acceptors (Lipinski definition) is 4. The van der Waals surface area contributed by atoms with Gasteiger partial charge in [-0.1, -0.05) is 24.3 Å². The van der Waals surface area contributed by atoms with Crippen LogP contribution in [-0.2, 0) is 18.1 Å². The van der Waals surface area contributed by atoms with Gasteiger partial charge in [-0.15, -0.1) is 0 Å². The lowest BCUT2D eigenvalue weighted by Gasteiger charge is -2.05. The Labute approximate surface area is 113 Å². The second-order valence-corrected chi connectivity index (χ2v) is 8.62. The highest BCUT2D eigenvalue weighted by Gasteiger charge is 2.19. The lowest BCUT2D eigenvalue weighted by Crippen LogP contribution is -1.97. The zero-order valence-corrected chi connectivity index (χ0v) is 11.8. The van der Waals surface area contributed by atoms with Gasteiger partial charge in [0.05, 0.1) is 9.79 Å². The van der Waals surface area contributed by atoms with Crippen LogP contribution in [0.1, 0.15) is 0 Å². The van der Waals surface area contributed by atoms with E-state index in [1.54, 1.807) is 18.2 Å². The summed E-state index contributed by atoms with van der Waals surface area (Å²) >= 11 is 0. The summed E-state index contributed by atoms with van der Waals surface area (Å²) in [5, 5.41) is 0.773. The van der Waals surface area contributed by atoms with E-state index >= 15 is 0 Å². The third-order valence-corrected chi connectivity index (χ3v) is 5.04. The molecule has 18 heavy (non-hydrogen) atoms. The monoisotopic (exact) mass is 324 g/mol. The first-order valence-corrected chi connectivity index (χ1v) is 9.23. The molecule has 2 aromatic carbocycles. The summed E-state index contributed by atoms with van der Waals surface area (Å²) in [7, 11) is 2.42. The van der Waals surface area contributed by atoms with Gasteiger partial charge in [-0.2, -0.15) is 0 Å². The topological polar surface area (TPSA) is 68.3 Å². The SMILES string of the molecule is O=S(=O)(Cl)c1cc(S(=O)(=O)Cl)c2ccccc2c1. The molecular weight excluding hydrogens is 319 g/mol. The van der Waals surface area contributed by atoms with E-state index in [1.165, 1.54) is 12.1 Å². The molecule has 2 aromatic rings. The first-order chi connectivity index (χ1) is 8.19. The normalized spacial score (nSPS) is 12.8. The van der Waals surface area contributed by atoms with Gasteiger partial charge in [-0.3, -0.25) is 0 Å². The van der Waals surface area contributed by atoms with Crippen molar-refractivity contribution in [2.75, 3.05) is 0 Å². The Bertz CT molecular complexity index is 826. The first kappa shape index (κ1) is 13.6. The Morgan fingerprint density at radius 1 is 0.833 bits per heavy atom. The Hall–Kier alpha value is -0.820. The summed E-state index contributed by atoms with van der Waals surface area (Å²) in [5.74, 6) is 0. The van der Waals surface area contributed by atoms with Crippen LogP contribution in [0.4, 0.5) is 0 Å². The quantitative estimate of drug-likeness (QED) is 0.796. The van der Waals surface area contributed by atoms with Crippen LogP contribution in [0, 0.1) is 0 Å². The predicted octanol–water partition coefficient (Wildman–Crippen LogP) is 2.69. The van der Waals surface area contributed by atoms with E-state index in [4.69, 9.17) is 21.4 Å². The van der Waals surface area contributed by atoms with E-state index in [0.717, 1.165) is 6.07 Å². The van der Waals surface area contributed by atoms with Gasteiger partial charge >= 0.3 is 0 Å². The van der Waals surface area contributed by atoms with Gasteiger partial charge in [0.25, 0.3) is 18.1 Å². The summed E-state index contributed by atoms with van der Waals surface area (Å²) < 4.78 is 45.5. The predicted molar refractivity (Wildman–Crippen MR) is 70.0 cm³/mol. The van der Waals surface area contributed by atoms with E-state index in [0.29, 0.717) is 10.8 Å². The second-order valence-electron chi connectivity index (χ2n) is 3.52. The van der Waals surface area contributed by atoms with Crippen molar-refractivity contribution in [3.05, 3.63) is 36.4 Å². The minimum atomic E-state index is -4.06. The summed E-state index contributed by atoms with van der Waals surface area (Å²) in [6.45, 7) is 0. The van der Waals surface area contributed by atoms with E-state index in [9.17, 15) is 16.8 Å². The maximum absolute atomic E-state index is 11.5. The van der Waals surface area contributed by atoms with Crippen molar-refractivity contribution in [2.24, 2.45) is 0 Å². The van der Waals surface area contributed by atoms with Crippen LogP contribution in [-0.4, -0.2) is 16.8 Å². The van der Waals surface area contributed by atoms with Crippen molar-refractivity contribution in [1.29, 1.82) is 0 Å². The standard InChI is InChI=1S/C10H6Cl2O4S2/c11-17(13,14)8-5-7-3-1-2-4-9(7)10(6-8)18(12,15)16/h1-6H. The average Bonchev–Trinajstić information content (AvgIpc) is 2.25. The molecule has 0 aliphatic heterocycles. The molecule has 0 aliphatic rings. The fraction of sp³-hybridized carbons (Fsp3) is 0. The average molecular weight is 325 g/mol. The Morgan fingerprint density at radius 2 is 1.44 bits per heavy atom. The fourth-order valence-corrected chi connectivity index (χ4v) is 3.56. The van der Waals surface area contributed by atoms with Crippen LogP contribution in [0.5, 0.6) is 0 Å².